The average molecular weight is 248 g/mol. The molecule has 3 heteroatoms. The predicted molar refractivity (Wildman–Crippen MR) is 76.6 cm³/mol. The normalized spacial score (nSPS) is 20.1. The summed E-state index contributed by atoms with van der Waals surface area (Å²) in [6, 6.07) is 7.81. The van der Waals surface area contributed by atoms with E-state index in [-0.39, 0.29) is 0 Å². The van der Waals surface area contributed by atoms with Crippen LogP contribution in [0.2, 0.25) is 0 Å². The van der Waals surface area contributed by atoms with Gasteiger partial charge >= 0.3 is 0 Å². The Hall–Kier alpha value is -1.22. The van der Waals surface area contributed by atoms with Crippen molar-refractivity contribution >= 4 is 5.69 Å². The largest absolute Gasteiger partial charge is 0.496 e. The van der Waals surface area contributed by atoms with Crippen LogP contribution in [0.3, 0.4) is 0 Å². The Morgan fingerprint density at radius 2 is 2.06 bits per heavy atom. The lowest BCUT2D eigenvalue weighted by Gasteiger charge is -2.35. The predicted octanol–water partition coefficient (Wildman–Crippen LogP) is 2.44. The van der Waals surface area contributed by atoms with Gasteiger partial charge in [0.2, 0.25) is 0 Å². The summed E-state index contributed by atoms with van der Waals surface area (Å²) in [5.41, 5.74) is 2.68. The molecule has 1 aromatic rings. The number of methoxy groups -OCH3 is 1. The van der Waals surface area contributed by atoms with Crippen LogP contribution in [0, 0.1) is 0 Å². The number of anilines is 1. The summed E-state index contributed by atoms with van der Waals surface area (Å²) < 4.78 is 5.50. The number of benzene rings is 1. The second-order valence-corrected chi connectivity index (χ2v) is 5.31. The van der Waals surface area contributed by atoms with Crippen LogP contribution in [0.4, 0.5) is 5.69 Å². The Morgan fingerprint density at radius 1 is 1.33 bits per heavy atom. The van der Waals surface area contributed by atoms with Crippen molar-refractivity contribution in [2.24, 2.45) is 0 Å². The van der Waals surface area contributed by atoms with Gasteiger partial charge in [-0.05, 0) is 46.4 Å². The first-order chi connectivity index (χ1) is 8.60. The van der Waals surface area contributed by atoms with Crippen molar-refractivity contribution in [3.63, 3.8) is 0 Å². The van der Waals surface area contributed by atoms with Crippen molar-refractivity contribution in [2.75, 3.05) is 19.1 Å². The Balaban J connectivity index is 2.42. The van der Waals surface area contributed by atoms with Gasteiger partial charge in [-0.3, -0.25) is 0 Å². The molecule has 3 nitrogen and oxygen atoms in total. The third-order valence-electron chi connectivity index (χ3n) is 3.97. The lowest BCUT2D eigenvalue weighted by molar-refractivity contribution is 0.407. The zero-order chi connectivity index (χ0) is 13.3. The van der Waals surface area contributed by atoms with Crippen LogP contribution in [0.15, 0.2) is 18.2 Å². The van der Waals surface area contributed by atoms with Gasteiger partial charge < -0.3 is 15.0 Å². The molecule has 0 saturated carbocycles. The minimum atomic E-state index is 0.463. The van der Waals surface area contributed by atoms with E-state index in [1.165, 1.54) is 11.3 Å². The summed E-state index contributed by atoms with van der Waals surface area (Å²) in [6.45, 7) is 6.76. The topological polar surface area (TPSA) is 24.5 Å². The van der Waals surface area contributed by atoms with E-state index in [9.17, 15) is 0 Å². The molecule has 0 bridgehead atoms. The van der Waals surface area contributed by atoms with E-state index in [0.29, 0.717) is 18.1 Å². The maximum Gasteiger partial charge on any atom is 0.124 e. The second-order valence-electron chi connectivity index (χ2n) is 5.31. The van der Waals surface area contributed by atoms with Crippen LogP contribution in [0.1, 0.15) is 26.3 Å². The quantitative estimate of drug-likeness (QED) is 0.885. The number of hydrogen-bond donors (Lipinski definition) is 1. The molecule has 2 rings (SSSR count). The maximum absolute atomic E-state index is 5.50. The number of ether oxygens (including phenoxy) is 1. The smallest absolute Gasteiger partial charge is 0.124 e. The molecule has 0 aromatic heterocycles. The number of nitrogens with one attached hydrogen (secondary N) is 1. The molecule has 0 spiro atoms. The maximum atomic E-state index is 5.50. The summed E-state index contributed by atoms with van der Waals surface area (Å²) in [6.07, 6.45) is 1.06. The molecule has 0 aliphatic carbocycles. The van der Waals surface area contributed by atoms with Gasteiger partial charge in [-0.1, -0.05) is 6.07 Å². The standard InChI is InChI=1S/C15H24N2O/c1-10(2)17-13-7-6-8-15(18-5)12(13)9-14(17)11(3)16-4/h6-8,10-11,14,16H,9H2,1-5H3. The first-order valence-electron chi connectivity index (χ1n) is 6.71. The molecule has 1 aliphatic rings. The highest BCUT2D eigenvalue weighted by molar-refractivity contribution is 5.65. The van der Waals surface area contributed by atoms with Crippen molar-refractivity contribution in [2.45, 2.75) is 45.3 Å². The van der Waals surface area contributed by atoms with Gasteiger partial charge in [0.15, 0.2) is 0 Å². The lowest BCUT2D eigenvalue weighted by atomic mass is 10.0. The van der Waals surface area contributed by atoms with E-state index in [0.717, 1.165) is 12.2 Å². The Kier molecular flexibility index (Phi) is 3.81. The molecule has 100 valence electrons. The van der Waals surface area contributed by atoms with Crippen molar-refractivity contribution < 1.29 is 4.74 Å². The number of rotatable bonds is 4. The van der Waals surface area contributed by atoms with E-state index in [4.69, 9.17) is 4.74 Å². The van der Waals surface area contributed by atoms with Gasteiger partial charge in [0, 0.05) is 29.4 Å². The van der Waals surface area contributed by atoms with Crippen molar-refractivity contribution in [3.8, 4) is 5.75 Å². The number of fused-ring (bicyclic) bond motifs is 1. The van der Waals surface area contributed by atoms with Crippen LogP contribution in [0.5, 0.6) is 5.75 Å². The summed E-state index contributed by atoms with van der Waals surface area (Å²) in [4.78, 5) is 2.51. The highest BCUT2D eigenvalue weighted by Gasteiger charge is 2.35. The Labute approximate surface area is 110 Å². The SMILES string of the molecule is CNC(C)C1Cc2c(OC)cccc2N1C(C)C. The van der Waals surface area contributed by atoms with Gasteiger partial charge in [-0.2, -0.15) is 0 Å². The molecule has 1 aliphatic heterocycles. The second kappa shape index (κ2) is 5.19. The van der Waals surface area contributed by atoms with Crippen LogP contribution in [-0.2, 0) is 6.42 Å². The minimum Gasteiger partial charge on any atom is -0.496 e. The van der Waals surface area contributed by atoms with Gasteiger partial charge in [-0.25, -0.2) is 0 Å². The van der Waals surface area contributed by atoms with E-state index in [1.54, 1.807) is 7.11 Å². The average Bonchev–Trinajstić information content (AvgIpc) is 2.76. The van der Waals surface area contributed by atoms with E-state index >= 15 is 0 Å². The molecule has 1 N–H and O–H groups in total. The zero-order valence-corrected chi connectivity index (χ0v) is 12.0. The lowest BCUT2D eigenvalue weighted by Crippen LogP contribution is -2.48. The minimum absolute atomic E-state index is 0.463. The molecule has 0 saturated heterocycles. The van der Waals surface area contributed by atoms with E-state index < -0.39 is 0 Å². The zero-order valence-electron chi connectivity index (χ0n) is 12.0. The van der Waals surface area contributed by atoms with Gasteiger partial charge in [0.25, 0.3) is 0 Å². The summed E-state index contributed by atoms with van der Waals surface area (Å²) >= 11 is 0. The first-order valence-corrected chi connectivity index (χ1v) is 6.71. The van der Waals surface area contributed by atoms with E-state index in [2.05, 4.69) is 49.2 Å². The Morgan fingerprint density at radius 3 is 2.61 bits per heavy atom. The summed E-state index contributed by atoms with van der Waals surface area (Å²) in [5.74, 6) is 1.02. The Bertz CT molecular complexity index is 417. The fourth-order valence-electron chi connectivity index (χ4n) is 2.95. The molecule has 18 heavy (non-hydrogen) atoms. The number of hydrogen-bond acceptors (Lipinski definition) is 3. The van der Waals surface area contributed by atoms with Crippen molar-refractivity contribution in [1.82, 2.24) is 5.32 Å². The molecular weight excluding hydrogens is 224 g/mol. The molecular formula is C15H24N2O. The number of likely N-dealkylation sites (N-methyl/N-ethyl adjacent to an activating group) is 1. The first kappa shape index (κ1) is 13.2. The van der Waals surface area contributed by atoms with Crippen LogP contribution >= 0.6 is 0 Å². The molecule has 2 atom stereocenters. The monoisotopic (exact) mass is 248 g/mol. The van der Waals surface area contributed by atoms with Crippen LogP contribution in [-0.4, -0.2) is 32.3 Å². The molecule has 2 unspecified atom stereocenters. The van der Waals surface area contributed by atoms with Gasteiger partial charge in [0.1, 0.15) is 5.75 Å². The third kappa shape index (κ3) is 2.07. The molecule has 0 radical (unpaired) electrons. The van der Waals surface area contributed by atoms with Crippen molar-refractivity contribution in [1.29, 1.82) is 0 Å². The fourth-order valence-corrected chi connectivity index (χ4v) is 2.95. The summed E-state index contributed by atoms with van der Waals surface area (Å²) in [5, 5.41) is 3.38. The van der Waals surface area contributed by atoms with Gasteiger partial charge in [0.05, 0.1) is 7.11 Å². The highest BCUT2D eigenvalue weighted by atomic mass is 16.5. The molecule has 0 fully saturated rings. The highest BCUT2D eigenvalue weighted by Crippen LogP contribution is 2.40. The third-order valence-corrected chi connectivity index (χ3v) is 3.97. The summed E-state index contributed by atoms with van der Waals surface area (Å²) in [7, 11) is 3.79. The molecule has 0 amide bonds. The fraction of sp³-hybridized carbons (Fsp3) is 0.600. The van der Waals surface area contributed by atoms with Crippen LogP contribution in [0.25, 0.3) is 0 Å². The number of nitrogens with zero attached hydrogens (tertiary/aromatic N) is 1. The van der Waals surface area contributed by atoms with Crippen molar-refractivity contribution in [3.05, 3.63) is 23.8 Å². The molecule has 1 aromatic carbocycles. The van der Waals surface area contributed by atoms with Gasteiger partial charge in [-0.15, -0.1) is 0 Å². The van der Waals surface area contributed by atoms with E-state index in [1.807, 2.05) is 7.05 Å². The van der Waals surface area contributed by atoms with Crippen LogP contribution < -0.4 is 15.0 Å². The molecule has 1 heterocycles.